The normalized spacial score (nSPS) is 18.1. The van der Waals surface area contributed by atoms with E-state index in [-0.39, 0.29) is 12.8 Å². The molecule has 2 aliphatic heterocycles. The van der Waals surface area contributed by atoms with Gasteiger partial charge in [0.05, 0.1) is 12.6 Å². The second-order valence-electron chi connectivity index (χ2n) is 7.67. The van der Waals surface area contributed by atoms with E-state index >= 15 is 0 Å². The molecule has 0 N–H and O–H groups in total. The summed E-state index contributed by atoms with van der Waals surface area (Å²) in [6, 6.07) is 6.26. The molecule has 0 unspecified atom stereocenters. The van der Waals surface area contributed by atoms with Gasteiger partial charge in [0.1, 0.15) is 0 Å². The van der Waals surface area contributed by atoms with E-state index in [1.165, 1.54) is 0 Å². The van der Waals surface area contributed by atoms with Crippen molar-refractivity contribution in [2.24, 2.45) is 0 Å². The molecule has 0 spiro atoms. The summed E-state index contributed by atoms with van der Waals surface area (Å²) in [5.74, 6) is 2.54. The largest absolute Gasteiger partial charge is 0.454 e. The third kappa shape index (κ3) is 4.59. The summed E-state index contributed by atoms with van der Waals surface area (Å²) in [5.41, 5.74) is 1.10. The Labute approximate surface area is 172 Å². The SMILES string of the molecule is C=CCN1CCN([C@@H](CCCC)c2nnnn2Cc2ccc3c(c2)OCO3)CC1. The molecule has 0 saturated carbocycles. The molecule has 0 aliphatic carbocycles. The molecular formula is C21H30N6O2. The number of ether oxygens (including phenoxy) is 2. The Bertz CT molecular complexity index is 815. The van der Waals surface area contributed by atoms with Crippen LogP contribution in [0.25, 0.3) is 0 Å². The zero-order valence-corrected chi connectivity index (χ0v) is 17.2. The van der Waals surface area contributed by atoms with Crippen LogP contribution in [-0.2, 0) is 6.54 Å². The lowest BCUT2D eigenvalue weighted by atomic mass is 10.1. The lowest BCUT2D eigenvalue weighted by Gasteiger charge is -2.38. The van der Waals surface area contributed by atoms with Crippen LogP contribution in [0.3, 0.4) is 0 Å². The number of hydrogen-bond donors (Lipinski definition) is 0. The molecule has 0 amide bonds. The lowest BCUT2D eigenvalue weighted by Crippen LogP contribution is -2.48. The summed E-state index contributed by atoms with van der Waals surface area (Å²) in [6.07, 6.45) is 5.38. The Hall–Kier alpha value is -2.45. The molecule has 29 heavy (non-hydrogen) atoms. The summed E-state index contributed by atoms with van der Waals surface area (Å²) < 4.78 is 12.9. The highest BCUT2D eigenvalue weighted by Gasteiger charge is 2.28. The molecule has 2 aliphatic rings. The summed E-state index contributed by atoms with van der Waals surface area (Å²) in [6.45, 7) is 12.1. The third-order valence-electron chi connectivity index (χ3n) is 5.69. The minimum Gasteiger partial charge on any atom is -0.454 e. The van der Waals surface area contributed by atoms with Crippen LogP contribution in [0.5, 0.6) is 11.5 Å². The highest BCUT2D eigenvalue weighted by Crippen LogP contribution is 2.33. The van der Waals surface area contributed by atoms with E-state index in [1.54, 1.807) is 0 Å². The van der Waals surface area contributed by atoms with E-state index in [4.69, 9.17) is 9.47 Å². The maximum absolute atomic E-state index is 5.51. The van der Waals surface area contributed by atoms with Crippen LogP contribution in [0.2, 0.25) is 0 Å². The molecule has 8 heteroatoms. The van der Waals surface area contributed by atoms with Gasteiger partial charge in [-0.15, -0.1) is 11.7 Å². The quantitative estimate of drug-likeness (QED) is 0.601. The van der Waals surface area contributed by atoms with E-state index in [0.29, 0.717) is 6.54 Å². The Morgan fingerprint density at radius 3 is 2.79 bits per heavy atom. The van der Waals surface area contributed by atoms with Crippen LogP contribution in [-0.4, -0.2) is 69.5 Å². The molecule has 3 heterocycles. The number of aromatic nitrogens is 4. The number of piperazine rings is 1. The fraction of sp³-hybridized carbons (Fsp3) is 0.571. The van der Waals surface area contributed by atoms with Crippen LogP contribution in [0.15, 0.2) is 30.9 Å². The van der Waals surface area contributed by atoms with Gasteiger partial charge in [-0.05, 0) is 34.5 Å². The molecule has 1 saturated heterocycles. The molecule has 1 atom stereocenters. The molecule has 2 aromatic rings. The first-order chi connectivity index (χ1) is 14.3. The van der Waals surface area contributed by atoms with E-state index < -0.39 is 0 Å². The van der Waals surface area contributed by atoms with E-state index in [1.807, 2.05) is 29.0 Å². The number of hydrogen-bond acceptors (Lipinski definition) is 7. The average molecular weight is 399 g/mol. The number of fused-ring (bicyclic) bond motifs is 1. The van der Waals surface area contributed by atoms with Gasteiger partial charge in [-0.1, -0.05) is 31.9 Å². The zero-order valence-electron chi connectivity index (χ0n) is 17.2. The number of rotatable bonds is 9. The van der Waals surface area contributed by atoms with Crippen LogP contribution < -0.4 is 9.47 Å². The first kappa shape index (κ1) is 19.8. The fourth-order valence-electron chi connectivity index (χ4n) is 4.09. The van der Waals surface area contributed by atoms with E-state index in [2.05, 4.69) is 38.8 Å². The van der Waals surface area contributed by atoms with Crippen molar-refractivity contribution in [3.63, 3.8) is 0 Å². The molecule has 8 nitrogen and oxygen atoms in total. The standard InChI is InChI=1S/C21H30N6O2/c1-3-5-6-18(26-12-10-25(9-4-2)11-13-26)21-22-23-24-27(21)15-17-7-8-19-20(14-17)29-16-28-19/h4,7-8,14,18H,2-3,5-6,9-13,15-16H2,1H3/t18-/m0/s1. The van der Waals surface area contributed by atoms with Crippen molar-refractivity contribution < 1.29 is 9.47 Å². The van der Waals surface area contributed by atoms with Gasteiger partial charge < -0.3 is 9.47 Å². The van der Waals surface area contributed by atoms with Gasteiger partial charge in [0.25, 0.3) is 0 Å². The number of benzene rings is 1. The maximum Gasteiger partial charge on any atom is 0.231 e. The van der Waals surface area contributed by atoms with Crippen molar-refractivity contribution in [1.29, 1.82) is 0 Å². The number of unbranched alkanes of at least 4 members (excludes halogenated alkanes) is 1. The van der Waals surface area contributed by atoms with Crippen LogP contribution in [0.4, 0.5) is 0 Å². The van der Waals surface area contributed by atoms with Gasteiger partial charge in [0, 0.05) is 32.7 Å². The highest BCUT2D eigenvalue weighted by molar-refractivity contribution is 5.44. The van der Waals surface area contributed by atoms with Gasteiger partial charge in [0.15, 0.2) is 17.3 Å². The highest BCUT2D eigenvalue weighted by atomic mass is 16.7. The topological polar surface area (TPSA) is 68.5 Å². The summed E-state index contributed by atoms with van der Waals surface area (Å²) in [5, 5.41) is 12.8. The minimum atomic E-state index is 0.241. The Kier molecular flexibility index (Phi) is 6.41. The second-order valence-corrected chi connectivity index (χ2v) is 7.67. The summed E-state index contributed by atoms with van der Waals surface area (Å²) in [4.78, 5) is 4.98. The number of tetrazole rings is 1. The molecule has 4 rings (SSSR count). The van der Waals surface area contributed by atoms with Crippen molar-refractivity contribution in [2.75, 3.05) is 39.5 Å². The van der Waals surface area contributed by atoms with Gasteiger partial charge in [-0.25, -0.2) is 4.68 Å². The van der Waals surface area contributed by atoms with Crippen molar-refractivity contribution in [1.82, 2.24) is 30.0 Å². The van der Waals surface area contributed by atoms with Crippen molar-refractivity contribution in [2.45, 2.75) is 38.8 Å². The van der Waals surface area contributed by atoms with Gasteiger partial charge >= 0.3 is 0 Å². The smallest absolute Gasteiger partial charge is 0.231 e. The third-order valence-corrected chi connectivity index (χ3v) is 5.69. The van der Waals surface area contributed by atoms with Crippen LogP contribution in [0.1, 0.15) is 43.6 Å². The zero-order chi connectivity index (χ0) is 20.1. The van der Waals surface area contributed by atoms with E-state index in [9.17, 15) is 0 Å². The lowest BCUT2D eigenvalue weighted by molar-refractivity contribution is 0.0915. The molecule has 156 valence electrons. The van der Waals surface area contributed by atoms with Crippen LogP contribution in [0, 0.1) is 0 Å². The minimum absolute atomic E-state index is 0.241. The summed E-state index contributed by atoms with van der Waals surface area (Å²) in [7, 11) is 0. The van der Waals surface area contributed by atoms with Gasteiger partial charge in [-0.3, -0.25) is 9.80 Å². The molecular weight excluding hydrogens is 368 g/mol. The first-order valence-corrected chi connectivity index (χ1v) is 10.5. The maximum atomic E-state index is 5.51. The van der Waals surface area contributed by atoms with Crippen molar-refractivity contribution >= 4 is 0 Å². The molecule has 1 fully saturated rings. The predicted molar refractivity (Wildman–Crippen MR) is 110 cm³/mol. The Morgan fingerprint density at radius 1 is 1.17 bits per heavy atom. The van der Waals surface area contributed by atoms with Gasteiger partial charge in [-0.2, -0.15) is 0 Å². The number of nitrogens with zero attached hydrogens (tertiary/aromatic N) is 6. The fourth-order valence-corrected chi connectivity index (χ4v) is 4.09. The molecule has 1 aromatic heterocycles. The predicted octanol–water partition coefficient (Wildman–Crippen LogP) is 2.49. The van der Waals surface area contributed by atoms with E-state index in [0.717, 1.165) is 74.9 Å². The molecule has 1 aromatic carbocycles. The van der Waals surface area contributed by atoms with Crippen molar-refractivity contribution in [3.8, 4) is 11.5 Å². The second kappa shape index (κ2) is 9.37. The monoisotopic (exact) mass is 398 g/mol. The Morgan fingerprint density at radius 2 is 2.00 bits per heavy atom. The van der Waals surface area contributed by atoms with Crippen LogP contribution >= 0.6 is 0 Å². The molecule has 0 radical (unpaired) electrons. The average Bonchev–Trinajstić information content (AvgIpc) is 3.39. The van der Waals surface area contributed by atoms with Gasteiger partial charge in [0.2, 0.25) is 6.79 Å². The Balaban J connectivity index is 1.50. The first-order valence-electron chi connectivity index (χ1n) is 10.5. The van der Waals surface area contributed by atoms with Crippen molar-refractivity contribution in [3.05, 3.63) is 42.2 Å². The molecule has 0 bridgehead atoms. The summed E-state index contributed by atoms with van der Waals surface area (Å²) >= 11 is 0.